The zero-order valence-electron chi connectivity index (χ0n) is 17.2. The Bertz CT molecular complexity index is 1100. The van der Waals surface area contributed by atoms with Gasteiger partial charge in [0, 0.05) is 23.0 Å². The molecule has 0 fully saturated rings. The van der Waals surface area contributed by atoms with Crippen molar-refractivity contribution in [1.29, 1.82) is 0 Å². The average Bonchev–Trinajstić information content (AvgIpc) is 2.68. The lowest BCUT2D eigenvalue weighted by Crippen LogP contribution is -2.28. The summed E-state index contributed by atoms with van der Waals surface area (Å²) in [6.07, 6.45) is 0.698. The average molecular weight is 394 g/mol. The monoisotopic (exact) mass is 394 g/mol. The van der Waals surface area contributed by atoms with E-state index >= 15 is 0 Å². The molecule has 0 spiro atoms. The molecule has 0 atom stereocenters. The molecule has 0 aliphatic carbocycles. The molecule has 0 radical (unpaired) electrons. The summed E-state index contributed by atoms with van der Waals surface area (Å²) in [4.78, 5) is 27.6. The highest BCUT2D eigenvalue weighted by Gasteiger charge is 2.10. The molecule has 0 aliphatic heterocycles. The number of carbonyl (C=O) groups excluding carboxylic acids is 1. The summed E-state index contributed by atoms with van der Waals surface area (Å²) in [5.41, 5.74) is 4.45. The van der Waals surface area contributed by atoms with Gasteiger partial charge in [-0.05, 0) is 61.2 Å². The van der Waals surface area contributed by atoms with Crippen LogP contribution in [0.2, 0.25) is 0 Å². The molecule has 152 valence electrons. The van der Waals surface area contributed by atoms with Crippen molar-refractivity contribution >= 4 is 16.8 Å². The van der Waals surface area contributed by atoms with Crippen molar-refractivity contribution < 1.29 is 14.3 Å². The van der Waals surface area contributed by atoms with Crippen molar-refractivity contribution in [3.8, 4) is 11.5 Å². The summed E-state index contributed by atoms with van der Waals surface area (Å²) < 4.78 is 10.5. The summed E-state index contributed by atoms with van der Waals surface area (Å²) in [6, 6.07) is 11.4. The third kappa shape index (κ3) is 4.77. The summed E-state index contributed by atoms with van der Waals surface area (Å²) in [6.45, 7) is 4.43. The van der Waals surface area contributed by atoms with Gasteiger partial charge in [-0.15, -0.1) is 0 Å². The van der Waals surface area contributed by atoms with Crippen molar-refractivity contribution in [3.63, 3.8) is 0 Å². The highest BCUT2D eigenvalue weighted by Crippen LogP contribution is 2.27. The lowest BCUT2D eigenvalue weighted by atomic mass is 10.0. The number of hydrogen-bond donors (Lipinski definition) is 2. The summed E-state index contributed by atoms with van der Waals surface area (Å²) in [5.74, 6) is 1.10. The first-order valence-corrected chi connectivity index (χ1v) is 9.52. The van der Waals surface area contributed by atoms with Gasteiger partial charge in [0.25, 0.3) is 5.56 Å². The maximum Gasteiger partial charge on any atom is 0.251 e. The lowest BCUT2D eigenvalue weighted by Gasteiger charge is -2.10. The maximum atomic E-state index is 12.4. The Morgan fingerprint density at radius 3 is 2.52 bits per heavy atom. The minimum Gasteiger partial charge on any atom is -0.493 e. The largest absolute Gasteiger partial charge is 0.493 e. The first kappa shape index (κ1) is 20.5. The van der Waals surface area contributed by atoms with E-state index in [1.807, 2.05) is 32.0 Å². The third-order valence-corrected chi connectivity index (χ3v) is 4.92. The van der Waals surface area contributed by atoms with Crippen molar-refractivity contribution in [1.82, 2.24) is 10.3 Å². The number of H-pyrrole nitrogens is 1. The minimum absolute atomic E-state index is 0.110. The molecule has 6 heteroatoms. The van der Waals surface area contributed by atoms with Gasteiger partial charge < -0.3 is 19.8 Å². The fourth-order valence-electron chi connectivity index (χ4n) is 3.48. The van der Waals surface area contributed by atoms with Gasteiger partial charge in [0.1, 0.15) is 0 Å². The molecule has 1 heterocycles. The predicted molar refractivity (Wildman–Crippen MR) is 114 cm³/mol. The molecule has 2 N–H and O–H groups in total. The van der Waals surface area contributed by atoms with Gasteiger partial charge in [-0.3, -0.25) is 9.59 Å². The van der Waals surface area contributed by atoms with Crippen LogP contribution in [0.3, 0.4) is 0 Å². The van der Waals surface area contributed by atoms with E-state index in [9.17, 15) is 9.59 Å². The van der Waals surface area contributed by atoms with E-state index < -0.39 is 0 Å². The summed E-state index contributed by atoms with van der Waals surface area (Å²) in [5, 5.41) is 3.91. The Balaban J connectivity index is 1.63. The number of nitrogens with one attached hydrogen (secondary N) is 2. The molecular formula is C23H26N2O4. The molecule has 0 saturated carbocycles. The zero-order valence-corrected chi connectivity index (χ0v) is 17.2. The molecule has 0 saturated heterocycles. The molecule has 0 unspecified atom stereocenters. The fraction of sp³-hybridized carbons (Fsp3) is 0.304. The van der Waals surface area contributed by atoms with E-state index in [-0.39, 0.29) is 17.9 Å². The lowest BCUT2D eigenvalue weighted by molar-refractivity contribution is -0.120. The number of rotatable bonds is 7. The second-order valence-corrected chi connectivity index (χ2v) is 7.13. The zero-order chi connectivity index (χ0) is 21.0. The Morgan fingerprint density at radius 1 is 1.03 bits per heavy atom. The van der Waals surface area contributed by atoms with Crippen molar-refractivity contribution in [2.24, 2.45) is 0 Å². The quantitative estimate of drug-likeness (QED) is 0.645. The molecule has 0 aliphatic rings. The van der Waals surface area contributed by atoms with Crippen LogP contribution in [0.25, 0.3) is 10.9 Å². The van der Waals surface area contributed by atoms with Gasteiger partial charge in [0.2, 0.25) is 5.91 Å². The van der Waals surface area contributed by atoms with Gasteiger partial charge in [-0.1, -0.05) is 12.1 Å². The minimum atomic E-state index is -0.114. The number of carbonyl (C=O) groups is 1. The van der Waals surface area contributed by atoms with E-state index in [0.29, 0.717) is 30.0 Å². The van der Waals surface area contributed by atoms with Crippen LogP contribution in [0.4, 0.5) is 0 Å². The smallest absolute Gasteiger partial charge is 0.251 e. The summed E-state index contributed by atoms with van der Waals surface area (Å²) in [7, 11) is 3.13. The molecule has 1 aromatic heterocycles. The fourth-order valence-corrected chi connectivity index (χ4v) is 3.48. The second-order valence-electron chi connectivity index (χ2n) is 7.13. The Labute approximate surface area is 169 Å². The molecule has 2 aromatic carbocycles. The van der Waals surface area contributed by atoms with E-state index in [2.05, 4.69) is 16.4 Å². The number of methoxy groups -OCH3 is 2. The number of amides is 1. The van der Waals surface area contributed by atoms with Crippen molar-refractivity contribution in [2.75, 3.05) is 20.8 Å². The number of pyridine rings is 1. The van der Waals surface area contributed by atoms with Gasteiger partial charge in [-0.2, -0.15) is 0 Å². The number of benzene rings is 2. The van der Waals surface area contributed by atoms with Crippen LogP contribution in [-0.4, -0.2) is 31.7 Å². The van der Waals surface area contributed by atoms with Crippen LogP contribution >= 0.6 is 0 Å². The number of hydrogen-bond acceptors (Lipinski definition) is 4. The Hall–Kier alpha value is -3.28. The van der Waals surface area contributed by atoms with Gasteiger partial charge >= 0.3 is 0 Å². The van der Waals surface area contributed by atoms with Crippen LogP contribution < -0.4 is 20.3 Å². The molecule has 3 aromatic rings. The highest BCUT2D eigenvalue weighted by atomic mass is 16.5. The standard InChI is InChI=1S/C23H26N2O4/c1-14-9-15(2)18-13-17(23(27)25-19(18)10-14)7-8-24-22(26)12-16-5-6-20(28-3)21(11-16)29-4/h5-6,9-11,13H,7-8,12H2,1-4H3,(H,24,26)(H,25,27). The van der Waals surface area contributed by atoms with E-state index in [4.69, 9.17) is 9.47 Å². The molecule has 1 amide bonds. The molecule has 3 rings (SSSR count). The highest BCUT2D eigenvalue weighted by molar-refractivity contribution is 5.83. The molecular weight excluding hydrogens is 368 g/mol. The second kappa shape index (κ2) is 8.82. The topological polar surface area (TPSA) is 80.4 Å². The van der Waals surface area contributed by atoms with Crippen LogP contribution in [0, 0.1) is 13.8 Å². The number of aromatic amines is 1. The third-order valence-electron chi connectivity index (χ3n) is 4.92. The van der Waals surface area contributed by atoms with E-state index in [1.165, 1.54) is 0 Å². The molecule has 29 heavy (non-hydrogen) atoms. The molecule has 6 nitrogen and oxygen atoms in total. The van der Waals surface area contributed by atoms with Crippen LogP contribution in [0.5, 0.6) is 11.5 Å². The van der Waals surface area contributed by atoms with E-state index in [0.717, 1.165) is 27.6 Å². The number of aryl methyl sites for hydroxylation is 2. The Morgan fingerprint density at radius 2 is 1.79 bits per heavy atom. The van der Waals surface area contributed by atoms with Gasteiger partial charge in [-0.25, -0.2) is 0 Å². The predicted octanol–water partition coefficient (Wildman–Crippen LogP) is 3.06. The van der Waals surface area contributed by atoms with Gasteiger partial charge in [0.15, 0.2) is 11.5 Å². The van der Waals surface area contributed by atoms with E-state index in [1.54, 1.807) is 26.4 Å². The summed E-state index contributed by atoms with van der Waals surface area (Å²) >= 11 is 0. The number of fused-ring (bicyclic) bond motifs is 1. The van der Waals surface area contributed by atoms with Crippen LogP contribution in [-0.2, 0) is 17.6 Å². The first-order valence-electron chi connectivity index (χ1n) is 9.52. The number of aromatic nitrogens is 1. The first-order chi connectivity index (χ1) is 13.9. The van der Waals surface area contributed by atoms with Crippen molar-refractivity contribution in [2.45, 2.75) is 26.7 Å². The van der Waals surface area contributed by atoms with Gasteiger partial charge in [0.05, 0.1) is 20.6 Å². The molecule has 0 bridgehead atoms. The SMILES string of the molecule is COc1ccc(CC(=O)NCCc2cc3c(C)cc(C)cc3[nH]c2=O)cc1OC. The normalized spacial score (nSPS) is 10.8. The Kier molecular flexibility index (Phi) is 6.22. The van der Waals surface area contributed by atoms with Crippen LogP contribution in [0.1, 0.15) is 22.3 Å². The van der Waals surface area contributed by atoms with Crippen molar-refractivity contribution in [3.05, 3.63) is 69.0 Å². The maximum absolute atomic E-state index is 12.4. The number of ether oxygens (including phenoxy) is 2. The van der Waals surface area contributed by atoms with Crippen LogP contribution in [0.15, 0.2) is 41.2 Å².